The summed E-state index contributed by atoms with van der Waals surface area (Å²) in [7, 11) is 1.90. The van der Waals surface area contributed by atoms with E-state index in [0.717, 1.165) is 36.9 Å². The number of nitrogens with zero attached hydrogens (tertiary/aromatic N) is 2. The first-order valence-electron chi connectivity index (χ1n) is 6.98. The lowest BCUT2D eigenvalue weighted by Crippen LogP contribution is -2.42. The highest BCUT2D eigenvalue weighted by Crippen LogP contribution is 2.30. The largest absolute Gasteiger partial charge is 0.349 e. The molecular weight excluding hydrogens is 240 g/mol. The van der Waals surface area contributed by atoms with Crippen LogP contribution >= 0.6 is 0 Å². The van der Waals surface area contributed by atoms with Crippen LogP contribution in [0.3, 0.4) is 0 Å². The van der Waals surface area contributed by atoms with Crippen molar-refractivity contribution >= 4 is 5.91 Å². The molecule has 0 radical (unpaired) electrons. The molecule has 1 fully saturated rings. The molecule has 1 aromatic rings. The van der Waals surface area contributed by atoms with Crippen molar-refractivity contribution in [2.45, 2.75) is 57.5 Å². The van der Waals surface area contributed by atoms with Crippen LogP contribution in [-0.4, -0.2) is 21.2 Å². The summed E-state index contributed by atoms with van der Waals surface area (Å²) in [5.41, 5.74) is 8.09. The molecule has 1 atom stereocenters. The van der Waals surface area contributed by atoms with Gasteiger partial charge in [0.2, 0.25) is 5.91 Å². The Morgan fingerprint density at radius 3 is 2.74 bits per heavy atom. The van der Waals surface area contributed by atoms with Crippen LogP contribution in [-0.2, 0) is 11.8 Å². The number of nitrogens with one attached hydrogen (secondary N) is 1. The maximum atomic E-state index is 12.1. The second-order valence-corrected chi connectivity index (χ2v) is 5.84. The molecule has 5 nitrogen and oxygen atoms in total. The first-order valence-corrected chi connectivity index (χ1v) is 6.98. The predicted octanol–water partition coefficient (Wildman–Crippen LogP) is 1.57. The van der Waals surface area contributed by atoms with E-state index in [4.69, 9.17) is 5.73 Å². The lowest BCUT2D eigenvalue weighted by atomic mass is 9.94. The molecule has 5 heteroatoms. The number of hydrogen-bond donors (Lipinski definition) is 2. The second kappa shape index (κ2) is 5.33. The maximum absolute atomic E-state index is 12.1. The van der Waals surface area contributed by atoms with Gasteiger partial charge in [-0.25, -0.2) is 0 Å². The fraction of sp³-hybridized carbons (Fsp3) is 0.714. The Morgan fingerprint density at radius 1 is 1.58 bits per heavy atom. The third-order valence-corrected chi connectivity index (χ3v) is 4.23. The number of aromatic nitrogens is 2. The van der Waals surface area contributed by atoms with Crippen LogP contribution in [0.1, 0.15) is 56.3 Å². The van der Waals surface area contributed by atoms with Gasteiger partial charge in [0.1, 0.15) is 0 Å². The lowest BCUT2D eigenvalue weighted by molar-refractivity contribution is -0.122. The smallest absolute Gasteiger partial charge is 0.222 e. The molecule has 0 saturated heterocycles. The van der Waals surface area contributed by atoms with Crippen LogP contribution in [0.25, 0.3) is 0 Å². The van der Waals surface area contributed by atoms with E-state index in [9.17, 15) is 4.79 Å². The summed E-state index contributed by atoms with van der Waals surface area (Å²) in [5, 5.41) is 7.23. The Hall–Kier alpha value is -1.36. The summed E-state index contributed by atoms with van der Waals surface area (Å²) >= 11 is 0. The zero-order valence-corrected chi connectivity index (χ0v) is 12.1. The summed E-state index contributed by atoms with van der Waals surface area (Å²) in [6.07, 6.45) is 6.44. The van der Waals surface area contributed by atoms with E-state index in [2.05, 4.69) is 10.4 Å². The highest BCUT2D eigenvalue weighted by molar-refractivity contribution is 5.77. The molecule has 1 unspecified atom stereocenters. The number of rotatable bonds is 4. The first kappa shape index (κ1) is 14.1. The zero-order chi connectivity index (χ0) is 14.0. The molecule has 1 aliphatic rings. The average molecular weight is 264 g/mol. The van der Waals surface area contributed by atoms with Gasteiger partial charge in [-0.05, 0) is 26.7 Å². The molecule has 19 heavy (non-hydrogen) atoms. The van der Waals surface area contributed by atoms with Gasteiger partial charge < -0.3 is 11.1 Å². The average Bonchev–Trinajstić information content (AvgIpc) is 2.87. The van der Waals surface area contributed by atoms with Crippen LogP contribution in [0.15, 0.2) is 6.20 Å². The fourth-order valence-electron chi connectivity index (χ4n) is 2.89. The van der Waals surface area contributed by atoms with Gasteiger partial charge in [-0.15, -0.1) is 0 Å². The minimum absolute atomic E-state index is 0.0220. The van der Waals surface area contributed by atoms with E-state index in [1.165, 1.54) is 0 Å². The topological polar surface area (TPSA) is 72.9 Å². The van der Waals surface area contributed by atoms with Gasteiger partial charge in [0.05, 0.1) is 12.2 Å². The molecule has 1 aromatic heterocycles. The second-order valence-electron chi connectivity index (χ2n) is 5.84. The quantitative estimate of drug-likeness (QED) is 0.867. The first-order chi connectivity index (χ1) is 8.91. The number of nitrogens with two attached hydrogens (primary N) is 1. The molecule has 0 spiro atoms. The third-order valence-electron chi connectivity index (χ3n) is 4.23. The van der Waals surface area contributed by atoms with E-state index < -0.39 is 0 Å². The number of hydrogen-bond acceptors (Lipinski definition) is 3. The predicted molar refractivity (Wildman–Crippen MR) is 74.5 cm³/mol. The van der Waals surface area contributed by atoms with Crippen LogP contribution in [0.2, 0.25) is 0 Å². The summed E-state index contributed by atoms with van der Waals surface area (Å²) in [5.74, 6) is 0.0418. The third kappa shape index (κ3) is 3.15. The molecule has 106 valence electrons. The van der Waals surface area contributed by atoms with Gasteiger partial charge >= 0.3 is 0 Å². The van der Waals surface area contributed by atoms with Gasteiger partial charge in [-0.1, -0.05) is 12.8 Å². The van der Waals surface area contributed by atoms with E-state index in [1.54, 1.807) is 0 Å². The SMILES string of the molecule is Cc1c(C(C)NC(=O)CC2(N)CCCC2)cnn1C. The summed E-state index contributed by atoms with van der Waals surface area (Å²) in [6, 6.07) is -0.0220. The molecule has 0 bridgehead atoms. The monoisotopic (exact) mass is 264 g/mol. The number of carbonyl (C=O) groups is 1. The summed E-state index contributed by atoms with van der Waals surface area (Å²) in [6.45, 7) is 3.99. The Morgan fingerprint density at radius 2 is 2.21 bits per heavy atom. The minimum atomic E-state index is -0.284. The minimum Gasteiger partial charge on any atom is -0.349 e. The van der Waals surface area contributed by atoms with Gasteiger partial charge in [0.15, 0.2) is 0 Å². The van der Waals surface area contributed by atoms with Crippen molar-refractivity contribution in [1.82, 2.24) is 15.1 Å². The van der Waals surface area contributed by atoms with Crippen LogP contribution < -0.4 is 11.1 Å². The van der Waals surface area contributed by atoms with Crippen molar-refractivity contribution in [3.63, 3.8) is 0 Å². The lowest BCUT2D eigenvalue weighted by Gasteiger charge is -2.24. The molecule has 1 amide bonds. The molecule has 3 N–H and O–H groups in total. The number of carbonyl (C=O) groups excluding carboxylic acids is 1. The van der Waals surface area contributed by atoms with Crippen molar-refractivity contribution in [3.8, 4) is 0 Å². The van der Waals surface area contributed by atoms with Gasteiger partial charge in [0, 0.05) is 30.3 Å². The molecule has 0 aromatic carbocycles. The maximum Gasteiger partial charge on any atom is 0.222 e. The van der Waals surface area contributed by atoms with Crippen molar-refractivity contribution in [1.29, 1.82) is 0 Å². The van der Waals surface area contributed by atoms with E-state index in [0.29, 0.717) is 6.42 Å². The molecular formula is C14H24N4O. The highest BCUT2D eigenvalue weighted by Gasteiger charge is 2.32. The normalized spacial score (nSPS) is 19.4. The Balaban J connectivity index is 1.93. The van der Waals surface area contributed by atoms with E-state index in [-0.39, 0.29) is 17.5 Å². The van der Waals surface area contributed by atoms with Crippen molar-refractivity contribution in [3.05, 3.63) is 17.5 Å². The van der Waals surface area contributed by atoms with Gasteiger partial charge in [0.25, 0.3) is 0 Å². The van der Waals surface area contributed by atoms with Crippen LogP contribution in [0.4, 0.5) is 0 Å². The van der Waals surface area contributed by atoms with Crippen LogP contribution in [0.5, 0.6) is 0 Å². The Labute approximate surface area is 114 Å². The fourth-order valence-corrected chi connectivity index (χ4v) is 2.89. The molecule has 2 rings (SSSR count). The molecule has 0 aliphatic heterocycles. The van der Waals surface area contributed by atoms with Crippen molar-refractivity contribution in [2.24, 2.45) is 12.8 Å². The Kier molecular flexibility index (Phi) is 3.94. The van der Waals surface area contributed by atoms with E-state index in [1.807, 2.05) is 31.8 Å². The van der Waals surface area contributed by atoms with Crippen LogP contribution in [0, 0.1) is 6.92 Å². The highest BCUT2D eigenvalue weighted by atomic mass is 16.1. The van der Waals surface area contributed by atoms with Gasteiger partial charge in [-0.2, -0.15) is 5.10 Å². The van der Waals surface area contributed by atoms with Crippen molar-refractivity contribution < 1.29 is 4.79 Å². The van der Waals surface area contributed by atoms with Crippen molar-refractivity contribution in [2.75, 3.05) is 0 Å². The molecule has 1 heterocycles. The number of aryl methyl sites for hydroxylation is 1. The van der Waals surface area contributed by atoms with Gasteiger partial charge in [-0.3, -0.25) is 9.48 Å². The zero-order valence-electron chi connectivity index (χ0n) is 12.1. The molecule has 1 saturated carbocycles. The Bertz CT molecular complexity index is 460. The standard InChI is InChI=1S/C14H24N4O/c1-10(12-9-16-18(3)11(12)2)17-13(19)8-14(15)6-4-5-7-14/h9-10H,4-8,15H2,1-3H3,(H,17,19). The summed E-state index contributed by atoms with van der Waals surface area (Å²) in [4.78, 5) is 12.1. The van der Waals surface area contributed by atoms with E-state index >= 15 is 0 Å². The number of amides is 1. The summed E-state index contributed by atoms with van der Waals surface area (Å²) < 4.78 is 1.82. The molecule has 1 aliphatic carbocycles.